The predicted molar refractivity (Wildman–Crippen MR) is 61.2 cm³/mol. The van der Waals surface area contributed by atoms with Crippen molar-refractivity contribution < 1.29 is 15.0 Å². The van der Waals surface area contributed by atoms with Crippen molar-refractivity contribution in [1.29, 1.82) is 0 Å². The van der Waals surface area contributed by atoms with Gasteiger partial charge in [0.05, 0.1) is 0 Å². The SMILES string of the molecule is CC(O)(CNCC1CCSCC1)C(=O)O. The molecule has 0 spiro atoms. The van der Waals surface area contributed by atoms with E-state index in [9.17, 15) is 9.90 Å². The number of thioether (sulfide) groups is 1. The standard InChI is InChI=1S/C10H19NO3S/c1-10(14,9(12)13)7-11-6-8-2-4-15-5-3-8/h8,11,14H,2-7H2,1H3,(H,12,13). The first-order chi connectivity index (χ1) is 7.02. The summed E-state index contributed by atoms with van der Waals surface area (Å²) in [6.45, 7) is 2.25. The zero-order chi connectivity index (χ0) is 11.3. The number of hydrogen-bond donors (Lipinski definition) is 3. The zero-order valence-corrected chi connectivity index (χ0v) is 9.85. The molecule has 0 amide bonds. The van der Waals surface area contributed by atoms with E-state index in [0.717, 1.165) is 6.54 Å². The van der Waals surface area contributed by atoms with Crippen LogP contribution in [0.15, 0.2) is 0 Å². The van der Waals surface area contributed by atoms with Gasteiger partial charge in [-0.1, -0.05) is 0 Å². The lowest BCUT2D eigenvalue weighted by atomic mass is 10.0. The first-order valence-corrected chi connectivity index (χ1v) is 6.42. The van der Waals surface area contributed by atoms with Crippen LogP contribution >= 0.6 is 11.8 Å². The quantitative estimate of drug-likeness (QED) is 0.647. The second kappa shape index (κ2) is 5.72. The molecule has 0 radical (unpaired) electrons. The van der Waals surface area contributed by atoms with E-state index in [1.54, 1.807) is 0 Å². The van der Waals surface area contributed by atoms with Gasteiger partial charge in [0, 0.05) is 6.54 Å². The highest BCUT2D eigenvalue weighted by Gasteiger charge is 2.29. The average Bonchev–Trinajstić information content (AvgIpc) is 2.19. The molecule has 1 rings (SSSR count). The van der Waals surface area contributed by atoms with Crippen LogP contribution in [0, 0.1) is 5.92 Å². The fourth-order valence-corrected chi connectivity index (χ4v) is 2.75. The fraction of sp³-hybridized carbons (Fsp3) is 0.900. The Balaban J connectivity index is 2.17. The molecule has 0 aromatic carbocycles. The van der Waals surface area contributed by atoms with Gasteiger partial charge < -0.3 is 15.5 Å². The Morgan fingerprint density at radius 2 is 2.13 bits per heavy atom. The molecule has 1 atom stereocenters. The molecule has 3 N–H and O–H groups in total. The summed E-state index contributed by atoms with van der Waals surface area (Å²) in [5, 5.41) is 21.2. The molecule has 1 saturated heterocycles. The Morgan fingerprint density at radius 1 is 1.53 bits per heavy atom. The summed E-state index contributed by atoms with van der Waals surface area (Å²) < 4.78 is 0. The summed E-state index contributed by atoms with van der Waals surface area (Å²) >= 11 is 1.97. The lowest BCUT2D eigenvalue weighted by Gasteiger charge is -2.24. The van der Waals surface area contributed by atoms with Gasteiger partial charge in [0.1, 0.15) is 0 Å². The summed E-state index contributed by atoms with van der Waals surface area (Å²) in [6, 6.07) is 0. The van der Waals surface area contributed by atoms with E-state index >= 15 is 0 Å². The van der Waals surface area contributed by atoms with E-state index in [-0.39, 0.29) is 6.54 Å². The van der Waals surface area contributed by atoms with Crippen molar-refractivity contribution >= 4 is 17.7 Å². The van der Waals surface area contributed by atoms with Gasteiger partial charge in [-0.3, -0.25) is 0 Å². The third kappa shape index (κ3) is 4.40. The second-order valence-electron chi connectivity index (χ2n) is 4.27. The average molecular weight is 233 g/mol. The molecule has 1 aliphatic rings. The summed E-state index contributed by atoms with van der Waals surface area (Å²) in [5.74, 6) is 1.86. The maximum atomic E-state index is 10.6. The molecule has 0 bridgehead atoms. The van der Waals surface area contributed by atoms with Crippen molar-refractivity contribution in [3.05, 3.63) is 0 Å². The Morgan fingerprint density at radius 3 is 2.67 bits per heavy atom. The van der Waals surface area contributed by atoms with E-state index in [1.807, 2.05) is 11.8 Å². The molecular weight excluding hydrogens is 214 g/mol. The maximum absolute atomic E-state index is 10.6. The van der Waals surface area contributed by atoms with Gasteiger partial charge in [0.2, 0.25) is 0 Å². The first-order valence-electron chi connectivity index (χ1n) is 5.26. The van der Waals surface area contributed by atoms with Crippen molar-refractivity contribution in [2.24, 2.45) is 5.92 Å². The third-order valence-corrected chi connectivity index (χ3v) is 3.75. The third-order valence-electron chi connectivity index (χ3n) is 2.70. The molecule has 88 valence electrons. The summed E-state index contributed by atoms with van der Waals surface area (Å²) in [4.78, 5) is 10.6. The number of hydrogen-bond acceptors (Lipinski definition) is 4. The van der Waals surface area contributed by atoms with E-state index in [4.69, 9.17) is 5.11 Å². The van der Waals surface area contributed by atoms with Gasteiger partial charge in [-0.2, -0.15) is 11.8 Å². The van der Waals surface area contributed by atoms with Crippen molar-refractivity contribution in [1.82, 2.24) is 5.32 Å². The van der Waals surface area contributed by atoms with Crippen LogP contribution in [0.1, 0.15) is 19.8 Å². The van der Waals surface area contributed by atoms with Crippen molar-refractivity contribution in [2.45, 2.75) is 25.4 Å². The summed E-state index contributed by atoms with van der Waals surface area (Å²) in [7, 11) is 0. The number of rotatable bonds is 5. The minimum Gasteiger partial charge on any atom is -0.479 e. The molecule has 0 aliphatic carbocycles. The van der Waals surface area contributed by atoms with Crippen molar-refractivity contribution in [2.75, 3.05) is 24.6 Å². The minimum absolute atomic E-state index is 0.117. The molecule has 5 heteroatoms. The van der Waals surface area contributed by atoms with E-state index in [0.29, 0.717) is 5.92 Å². The number of carboxylic acid groups (broad SMARTS) is 1. The van der Waals surface area contributed by atoms with E-state index < -0.39 is 11.6 Å². The fourth-order valence-electron chi connectivity index (χ4n) is 1.55. The predicted octanol–water partition coefficient (Wildman–Crippen LogP) is 0.555. The topological polar surface area (TPSA) is 69.6 Å². The van der Waals surface area contributed by atoms with E-state index in [2.05, 4.69) is 5.32 Å². The number of aliphatic hydroxyl groups is 1. The number of carboxylic acids is 1. The van der Waals surface area contributed by atoms with Gasteiger partial charge in [-0.25, -0.2) is 4.79 Å². The largest absolute Gasteiger partial charge is 0.479 e. The van der Waals surface area contributed by atoms with Gasteiger partial charge in [0.25, 0.3) is 0 Å². The highest BCUT2D eigenvalue weighted by atomic mass is 32.2. The molecule has 1 aliphatic heterocycles. The van der Waals surface area contributed by atoms with Crippen LogP contribution in [0.25, 0.3) is 0 Å². The number of carbonyl (C=O) groups is 1. The molecule has 4 nitrogen and oxygen atoms in total. The van der Waals surface area contributed by atoms with Gasteiger partial charge in [-0.05, 0) is 43.7 Å². The maximum Gasteiger partial charge on any atom is 0.336 e. The van der Waals surface area contributed by atoms with Crippen LogP contribution in [0.3, 0.4) is 0 Å². The molecular formula is C10H19NO3S. The first kappa shape index (κ1) is 12.8. The van der Waals surface area contributed by atoms with Crippen LogP contribution in [-0.4, -0.2) is 46.4 Å². The Kier molecular flexibility index (Phi) is 4.89. The molecule has 1 fully saturated rings. The number of aliphatic carboxylic acids is 1. The summed E-state index contributed by atoms with van der Waals surface area (Å²) in [5.41, 5.74) is -1.65. The zero-order valence-electron chi connectivity index (χ0n) is 9.03. The lowest BCUT2D eigenvalue weighted by molar-refractivity contribution is -0.156. The van der Waals surface area contributed by atoms with Crippen LogP contribution in [0.2, 0.25) is 0 Å². The molecule has 1 unspecified atom stereocenters. The van der Waals surface area contributed by atoms with Crippen LogP contribution < -0.4 is 5.32 Å². The second-order valence-corrected chi connectivity index (χ2v) is 5.49. The lowest BCUT2D eigenvalue weighted by Crippen LogP contribution is -2.46. The highest BCUT2D eigenvalue weighted by Crippen LogP contribution is 2.21. The highest BCUT2D eigenvalue weighted by molar-refractivity contribution is 7.99. The summed E-state index contributed by atoms with van der Waals surface area (Å²) in [6.07, 6.45) is 2.37. The van der Waals surface area contributed by atoms with Crippen LogP contribution in [-0.2, 0) is 4.79 Å². The van der Waals surface area contributed by atoms with Crippen LogP contribution in [0.5, 0.6) is 0 Å². The Labute approximate surface area is 94.4 Å². The molecule has 1 heterocycles. The monoisotopic (exact) mass is 233 g/mol. The normalized spacial score (nSPS) is 22.3. The van der Waals surface area contributed by atoms with Gasteiger partial charge in [-0.15, -0.1) is 0 Å². The van der Waals surface area contributed by atoms with Crippen molar-refractivity contribution in [3.8, 4) is 0 Å². The minimum atomic E-state index is -1.65. The molecule has 0 aromatic heterocycles. The smallest absolute Gasteiger partial charge is 0.336 e. The molecule has 0 saturated carbocycles. The van der Waals surface area contributed by atoms with Crippen LogP contribution in [0.4, 0.5) is 0 Å². The molecule has 0 aromatic rings. The van der Waals surface area contributed by atoms with Gasteiger partial charge in [0.15, 0.2) is 5.60 Å². The van der Waals surface area contributed by atoms with Gasteiger partial charge >= 0.3 is 5.97 Å². The molecule has 15 heavy (non-hydrogen) atoms. The van der Waals surface area contributed by atoms with Crippen molar-refractivity contribution in [3.63, 3.8) is 0 Å². The van der Waals surface area contributed by atoms with E-state index in [1.165, 1.54) is 31.3 Å². The Bertz CT molecular complexity index is 215. The Hall–Kier alpha value is -0.260. The number of nitrogens with one attached hydrogen (secondary N) is 1.